The van der Waals surface area contributed by atoms with E-state index in [1.807, 2.05) is 0 Å². The van der Waals surface area contributed by atoms with Gasteiger partial charge in [-0.05, 0) is 18.8 Å². The van der Waals surface area contributed by atoms with E-state index in [2.05, 4.69) is 16.9 Å². The summed E-state index contributed by atoms with van der Waals surface area (Å²) < 4.78 is 24.6. The maximum Gasteiger partial charge on any atom is 0.218 e. The largest absolute Gasteiger partial charge is 0.392 e. The fourth-order valence-electron chi connectivity index (χ4n) is 0.805. The predicted octanol–water partition coefficient (Wildman–Crippen LogP) is -0.398. The van der Waals surface area contributed by atoms with Gasteiger partial charge in [-0.15, -0.1) is 0 Å². The van der Waals surface area contributed by atoms with Crippen LogP contribution in [0.15, 0.2) is 0 Å². The highest BCUT2D eigenvalue weighted by Crippen LogP contribution is 2.27. The van der Waals surface area contributed by atoms with Crippen LogP contribution in [0.25, 0.3) is 0 Å². The lowest BCUT2D eigenvalue weighted by Crippen LogP contribution is -2.33. The summed E-state index contributed by atoms with van der Waals surface area (Å²) in [7, 11) is -3.25. The molecule has 1 fully saturated rings. The second kappa shape index (κ2) is 3.68. The quantitative estimate of drug-likeness (QED) is 0.603. The zero-order valence-electron chi connectivity index (χ0n) is 6.62. The molecule has 1 aliphatic rings. The highest BCUT2D eigenvalue weighted by molar-refractivity contribution is 7.92. The van der Waals surface area contributed by atoms with Crippen molar-refractivity contribution in [2.45, 2.75) is 12.8 Å². The van der Waals surface area contributed by atoms with E-state index in [4.69, 9.17) is 5.73 Å². The molecule has 12 heavy (non-hydrogen) atoms. The lowest BCUT2D eigenvalue weighted by atomic mass is 10.4. The third-order valence-corrected chi connectivity index (χ3v) is 3.25. The summed E-state index contributed by atoms with van der Waals surface area (Å²) in [5.41, 5.74) is 5.11. The van der Waals surface area contributed by atoms with Crippen LogP contribution >= 0.6 is 12.2 Å². The summed E-state index contributed by atoms with van der Waals surface area (Å²) in [6.45, 7) is 0.533. The van der Waals surface area contributed by atoms with Crippen molar-refractivity contribution in [2.75, 3.05) is 12.3 Å². The zero-order valence-corrected chi connectivity index (χ0v) is 8.25. The topological polar surface area (TPSA) is 72.2 Å². The van der Waals surface area contributed by atoms with Gasteiger partial charge in [0.2, 0.25) is 10.0 Å². The number of hydrogen-bond donors (Lipinski definition) is 2. The van der Waals surface area contributed by atoms with Crippen molar-refractivity contribution in [3.8, 4) is 0 Å². The Bertz CT molecular complexity index is 269. The molecule has 0 aromatic rings. The van der Waals surface area contributed by atoms with Gasteiger partial charge in [-0.2, -0.15) is 0 Å². The maximum absolute atomic E-state index is 11.1. The van der Waals surface area contributed by atoms with Gasteiger partial charge in [0.1, 0.15) is 5.75 Å². The Balaban J connectivity index is 2.31. The Morgan fingerprint density at radius 3 is 2.58 bits per heavy atom. The van der Waals surface area contributed by atoms with E-state index in [0.717, 1.165) is 12.8 Å². The first kappa shape index (κ1) is 9.88. The van der Waals surface area contributed by atoms with Gasteiger partial charge in [0.25, 0.3) is 0 Å². The normalized spacial score (nSPS) is 17.7. The average molecular weight is 208 g/mol. The van der Waals surface area contributed by atoms with E-state index in [1.54, 1.807) is 0 Å². The molecule has 0 saturated heterocycles. The first-order valence-corrected chi connectivity index (χ1v) is 5.81. The summed E-state index contributed by atoms with van der Waals surface area (Å²) in [5, 5.41) is 0. The molecule has 4 nitrogen and oxygen atoms in total. The van der Waals surface area contributed by atoms with Crippen LogP contribution in [0.1, 0.15) is 12.8 Å². The Morgan fingerprint density at radius 2 is 2.17 bits per heavy atom. The van der Waals surface area contributed by atoms with Crippen LogP contribution in [-0.2, 0) is 10.0 Å². The summed E-state index contributed by atoms with van der Waals surface area (Å²) in [4.78, 5) is 0.0123. The van der Waals surface area contributed by atoms with Crippen molar-refractivity contribution in [1.82, 2.24) is 4.72 Å². The van der Waals surface area contributed by atoms with Crippen molar-refractivity contribution in [3.05, 3.63) is 0 Å². The number of nitrogens with one attached hydrogen (secondary N) is 1. The molecule has 0 radical (unpaired) electrons. The van der Waals surface area contributed by atoms with E-state index in [1.165, 1.54) is 0 Å². The van der Waals surface area contributed by atoms with Crippen LogP contribution in [0.2, 0.25) is 0 Å². The fraction of sp³-hybridized carbons (Fsp3) is 0.833. The Morgan fingerprint density at radius 1 is 1.58 bits per heavy atom. The molecule has 1 aliphatic carbocycles. The number of hydrogen-bond acceptors (Lipinski definition) is 3. The number of thiocarbonyl (C=S) groups is 1. The van der Waals surface area contributed by atoms with E-state index in [-0.39, 0.29) is 10.7 Å². The van der Waals surface area contributed by atoms with Crippen LogP contribution in [0, 0.1) is 5.92 Å². The van der Waals surface area contributed by atoms with Gasteiger partial charge < -0.3 is 5.73 Å². The molecule has 0 bridgehead atoms. The molecule has 0 atom stereocenters. The van der Waals surface area contributed by atoms with Gasteiger partial charge in [-0.3, -0.25) is 0 Å². The van der Waals surface area contributed by atoms with Crippen LogP contribution in [0.3, 0.4) is 0 Å². The maximum atomic E-state index is 11.1. The van der Waals surface area contributed by atoms with Gasteiger partial charge in [0.05, 0.1) is 4.99 Å². The molecular weight excluding hydrogens is 196 g/mol. The minimum absolute atomic E-state index is 0.0123. The monoisotopic (exact) mass is 208 g/mol. The molecular formula is C6H12N2O2S2. The molecule has 3 N–H and O–H groups in total. The second-order valence-electron chi connectivity index (χ2n) is 3.02. The Hall–Kier alpha value is -0.200. The highest BCUT2D eigenvalue weighted by atomic mass is 32.2. The number of rotatable bonds is 5. The van der Waals surface area contributed by atoms with Crippen LogP contribution in [-0.4, -0.2) is 25.7 Å². The lowest BCUT2D eigenvalue weighted by Gasteiger charge is -2.03. The average Bonchev–Trinajstić information content (AvgIpc) is 2.62. The van der Waals surface area contributed by atoms with Crippen LogP contribution < -0.4 is 10.5 Å². The van der Waals surface area contributed by atoms with Crippen LogP contribution in [0.5, 0.6) is 0 Å². The van der Waals surface area contributed by atoms with E-state index in [9.17, 15) is 8.42 Å². The van der Waals surface area contributed by atoms with Crippen molar-refractivity contribution >= 4 is 27.2 Å². The third kappa shape index (κ3) is 3.99. The molecule has 0 heterocycles. The summed E-state index contributed by atoms with van der Waals surface area (Å²) in [5.74, 6) is 0.292. The summed E-state index contributed by atoms with van der Waals surface area (Å²) in [6.07, 6.45) is 2.24. The van der Waals surface area contributed by atoms with Gasteiger partial charge in [-0.1, -0.05) is 12.2 Å². The summed E-state index contributed by atoms with van der Waals surface area (Å²) >= 11 is 4.50. The number of nitrogens with two attached hydrogens (primary N) is 1. The highest BCUT2D eigenvalue weighted by Gasteiger charge is 2.23. The van der Waals surface area contributed by atoms with Gasteiger partial charge in [-0.25, -0.2) is 13.1 Å². The molecule has 0 spiro atoms. The zero-order chi connectivity index (χ0) is 9.19. The van der Waals surface area contributed by atoms with Crippen LogP contribution in [0.4, 0.5) is 0 Å². The van der Waals surface area contributed by atoms with Crippen molar-refractivity contribution in [3.63, 3.8) is 0 Å². The minimum atomic E-state index is -3.25. The molecule has 0 unspecified atom stereocenters. The molecule has 1 saturated carbocycles. The van der Waals surface area contributed by atoms with Gasteiger partial charge >= 0.3 is 0 Å². The fourth-order valence-corrected chi connectivity index (χ4v) is 2.24. The first-order chi connectivity index (χ1) is 5.49. The van der Waals surface area contributed by atoms with E-state index in [0.29, 0.717) is 12.5 Å². The molecule has 1 rings (SSSR count). The third-order valence-electron chi connectivity index (χ3n) is 1.62. The SMILES string of the molecule is NC(=S)CS(=O)(=O)NCC1CC1. The molecule has 0 aromatic heterocycles. The Labute approximate surface area is 77.6 Å². The van der Waals surface area contributed by atoms with Gasteiger partial charge in [0, 0.05) is 6.54 Å². The lowest BCUT2D eigenvalue weighted by molar-refractivity contribution is 0.581. The van der Waals surface area contributed by atoms with Crippen molar-refractivity contribution in [1.29, 1.82) is 0 Å². The smallest absolute Gasteiger partial charge is 0.218 e. The minimum Gasteiger partial charge on any atom is -0.392 e. The second-order valence-corrected chi connectivity index (χ2v) is 5.35. The van der Waals surface area contributed by atoms with Gasteiger partial charge in [0.15, 0.2) is 0 Å². The molecule has 0 aliphatic heterocycles. The molecule has 0 amide bonds. The first-order valence-electron chi connectivity index (χ1n) is 3.75. The van der Waals surface area contributed by atoms with Crippen molar-refractivity contribution < 1.29 is 8.42 Å². The Kier molecular flexibility index (Phi) is 3.03. The molecule has 6 heteroatoms. The van der Waals surface area contributed by atoms with E-state index >= 15 is 0 Å². The van der Waals surface area contributed by atoms with Crippen molar-refractivity contribution in [2.24, 2.45) is 11.7 Å². The molecule has 70 valence electrons. The standard InChI is InChI=1S/C6H12N2O2S2/c7-6(11)4-12(9,10)8-3-5-1-2-5/h5,8H,1-4H2,(H2,7,11). The number of sulfonamides is 1. The molecule has 0 aromatic carbocycles. The van der Waals surface area contributed by atoms with E-state index < -0.39 is 10.0 Å². The predicted molar refractivity (Wildman–Crippen MR) is 51.3 cm³/mol. The summed E-state index contributed by atoms with van der Waals surface area (Å²) in [6, 6.07) is 0.